The number of likely N-dealkylation sites (tertiary alicyclic amines) is 1. The standard InChI is InChI=1S/C30H31ClN2O5/c1-29(2)19-32(16-13-30(29,36)21-8-10-22(31)11-9-21)14-3-5-23-24-6-4-15-33(37)26(24)18-38-27-12-7-20(28(34)35)17-25(23)27/h4-12,15,17,36H,3,13-14,16,18-19H2,1-2H3,(H-,34,35,37)/p+1/t30-/m0/s1. The molecule has 0 radical (unpaired) electrons. The summed E-state index contributed by atoms with van der Waals surface area (Å²) in [6.45, 7) is 6.56. The number of carbonyl (C=O) groups is 1. The highest BCUT2D eigenvalue weighted by Crippen LogP contribution is 2.46. The van der Waals surface area contributed by atoms with Gasteiger partial charge in [0.1, 0.15) is 5.75 Å². The van der Waals surface area contributed by atoms with Crippen LogP contribution < -0.4 is 9.47 Å². The molecule has 198 valence electrons. The molecule has 3 N–H and O–H groups in total. The third kappa shape index (κ3) is 4.77. The topological polar surface area (TPSA) is 94.1 Å². The summed E-state index contributed by atoms with van der Waals surface area (Å²) in [7, 11) is 0. The van der Waals surface area contributed by atoms with E-state index in [-0.39, 0.29) is 17.6 Å². The summed E-state index contributed by atoms with van der Waals surface area (Å²) in [5, 5.41) is 32.4. The number of aromatic carboxylic acids is 1. The molecular formula is C30H32ClN2O5+. The highest BCUT2D eigenvalue weighted by molar-refractivity contribution is 6.30. The minimum atomic E-state index is -1.01. The van der Waals surface area contributed by atoms with Gasteiger partial charge in [0.25, 0.3) is 5.69 Å². The Hall–Kier alpha value is -3.39. The number of hydrogen-bond acceptors (Lipinski definition) is 5. The van der Waals surface area contributed by atoms with E-state index in [0.29, 0.717) is 41.4 Å². The van der Waals surface area contributed by atoms with Crippen molar-refractivity contribution in [2.45, 2.75) is 38.9 Å². The Balaban J connectivity index is 1.40. The van der Waals surface area contributed by atoms with Gasteiger partial charge in [-0.15, -0.1) is 0 Å². The van der Waals surface area contributed by atoms with Gasteiger partial charge in [0.15, 0.2) is 6.61 Å². The van der Waals surface area contributed by atoms with Crippen LogP contribution in [0.5, 0.6) is 5.75 Å². The van der Waals surface area contributed by atoms with E-state index in [1.807, 2.05) is 30.3 Å². The number of benzene rings is 2. The second-order valence-electron chi connectivity index (χ2n) is 10.7. The van der Waals surface area contributed by atoms with Gasteiger partial charge in [-0.05, 0) is 60.4 Å². The highest BCUT2D eigenvalue weighted by Gasteiger charge is 2.48. The van der Waals surface area contributed by atoms with Gasteiger partial charge in [0.2, 0.25) is 6.20 Å². The molecule has 0 aliphatic carbocycles. The zero-order chi connectivity index (χ0) is 27.1. The normalized spacial score (nSPS) is 21.7. The third-order valence-electron chi connectivity index (χ3n) is 7.89. The van der Waals surface area contributed by atoms with E-state index >= 15 is 0 Å². The third-order valence-corrected chi connectivity index (χ3v) is 8.14. The van der Waals surface area contributed by atoms with Crippen molar-refractivity contribution in [3.05, 3.63) is 99.8 Å². The van der Waals surface area contributed by atoms with Crippen molar-refractivity contribution in [3.8, 4) is 5.75 Å². The van der Waals surface area contributed by atoms with Crippen LogP contribution in [0.15, 0.2) is 66.9 Å². The molecule has 0 spiro atoms. The van der Waals surface area contributed by atoms with Crippen molar-refractivity contribution in [2.75, 3.05) is 19.6 Å². The first kappa shape index (κ1) is 26.2. The Labute approximate surface area is 227 Å². The van der Waals surface area contributed by atoms with Gasteiger partial charge in [-0.2, -0.15) is 0 Å². The lowest BCUT2D eigenvalue weighted by Gasteiger charge is -2.50. The second-order valence-corrected chi connectivity index (χ2v) is 11.1. The van der Waals surface area contributed by atoms with Crippen LogP contribution in [0.3, 0.4) is 0 Å². The van der Waals surface area contributed by atoms with E-state index in [2.05, 4.69) is 24.8 Å². The van der Waals surface area contributed by atoms with Crippen LogP contribution in [-0.4, -0.2) is 45.9 Å². The number of ether oxygens (including phenoxy) is 1. The molecule has 3 aromatic rings. The number of aromatic nitrogens is 1. The van der Waals surface area contributed by atoms with Crippen molar-refractivity contribution in [2.24, 2.45) is 5.41 Å². The smallest absolute Gasteiger partial charge is 0.335 e. The fourth-order valence-corrected chi connectivity index (χ4v) is 5.83. The average Bonchev–Trinajstić information content (AvgIpc) is 3.04. The molecule has 38 heavy (non-hydrogen) atoms. The lowest BCUT2D eigenvalue weighted by Crippen LogP contribution is -2.55. The Morgan fingerprint density at radius 3 is 2.63 bits per heavy atom. The van der Waals surface area contributed by atoms with Crippen molar-refractivity contribution < 1.29 is 29.7 Å². The van der Waals surface area contributed by atoms with E-state index in [4.69, 9.17) is 16.3 Å². The SMILES string of the molecule is CC1(C)CN(CCC=C2c3cc(C(=O)O)ccc3OCc3c2ccc[n+]3O)CC[C@]1(O)c1ccc(Cl)cc1. The molecule has 1 saturated heterocycles. The Morgan fingerprint density at radius 2 is 1.92 bits per heavy atom. The van der Waals surface area contributed by atoms with E-state index in [1.54, 1.807) is 24.4 Å². The minimum Gasteiger partial charge on any atom is -0.482 e. The lowest BCUT2D eigenvalue weighted by molar-refractivity contribution is -0.910. The summed E-state index contributed by atoms with van der Waals surface area (Å²) in [6, 6.07) is 16.0. The summed E-state index contributed by atoms with van der Waals surface area (Å²) in [5.41, 5.74) is 2.62. The monoisotopic (exact) mass is 535 g/mol. The summed E-state index contributed by atoms with van der Waals surface area (Å²) < 4.78 is 7.01. The molecular weight excluding hydrogens is 504 g/mol. The molecule has 5 rings (SSSR count). The van der Waals surface area contributed by atoms with E-state index < -0.39 is 11.6 Å². The largest absolute Gasteiger partial charge is 0.482 e. The van der Waals surface area contributed by atoms with Gasteiger partial charge in [0.05, 0.1) is 16.7 Å². The van der Waals surface area contributed by atoms with E-state index in [0.717, 1.165) is 34.5 Å². The molecule has 1 atom stereocenters. The van der Waals surface area contributed by atoms with Crippen LogP contribution >= 0.6 is 11.6 Å². The zero-order valence-corrected chi connectivity index (χ0v) is 22.3. The number of pyridine rings is 1. The number of halogens is 1. The molecule has 1 aromatic heterocycles. The van der Waals surface area contributed by atoms with Crippen molar-refractivity contribution >= 4 is 23.1 Å². The van der Waals surface area contributed by atoms with Crippen LogP contribution in [0.4, 0.5) is 0 Å². The van der Waals surface area contributed by atoms with Crippen LogP contribution in [0, 0.1) is 5.41 Å². The number of piperidine rings is 1. The highest BCUT2D eigenvalue weighted by atomic mass is 35.5. The first-order valence-corrected chi connectivity index (χ1v) is 13.1. The molecule has 3 heterocycles. The van der Waals surface area contributed by atoms with Gasteiger partial charge >= 0.3 is 5.97 Å². The first-order valence-electron chi connectivity index (χ1n) is 12.7. The average molecular weight is 536 g/mol. The van der Waals surface area contributed by atoms with Crippen LogP contribution in [0.1, 0.15) is 59.4 Å². The number of carboxylic acid groups (broad SMARTS) is 1. The molecule has 0 unspecified atom stereocenters. The fourth-order valence-electron chi connectivity index (χ4n) is 5.70. The molecule has 2 aliphatic rings. The number of aliphatic hydroxyl groups is 1. The summed E-state index contributed by atoms with van der Waals surface area (Å²) in [6.07, 6.45) is 4.94. The van der Waals surface area contributed by atoms with Gasteiger partial charge in [-0.25, -0.2) is 4.79 Å². The van der Waals surface area contributed by atoms with Crippen molar-refractivity contribution in [1.29, 1.82) is 0 Å². The Morgan fingerprint density at radius 1 is 1.16 bits per heavy atom. The van der Waals surface area contributed by atoms with Crippen LogP contribution in [0.2, 0.25) is 5.02 Å². The van der Waals surface area contributed by atoms with Gasteiger partial charge in [0, 0.05) is 46.4 Å². The zero-order valence-electron chi connectivity index (χ0n) is 21.5. The van der Waals surface area contributed by atoms with Crippen molar-refractivity contribution in [1.82, 2.24) is 4.90 Å². The summed E-state index contributed by atoms with van der Waals surface area (Å²) >= 11 is 6.07. The summed E-state index contributed by atoms with van der Waals surface area (Å²) in [5.74, 6) is -0.435. The minimum absolute atomic E-state index is 0.160. The van der Waals surface area contributed by atoms with Gasteiger partial charge < -0.3 is 19.8 Å². The molecule has 2 aromatic carbocycles. The number of hydrogen-bond donors (Lipinski definition) is 3. The predicted molar refractivity (Wildman–Crippen MR) is 143 cm³/mol. The summed E-state index contributed by atoms with van der Waals surface area (Å²) in [4.78, 5) is 14.0. The van der Waals surface area contributed by atoms with E-state index in [1.165, 1.54) is 6.07 Å². The Kier molecular flexibility index (Phi) is 6.94. The fraction of sp³-hybridized carbons (Fsp3) is 0.333. The first-order chi connectivity index (χ1) is 18.1. The van der Waals surface area contributed by atoms with Crippen molar-refractivity contribution in [3.63, 3.8) is 0 Å². The number of nitrogens with zero attached hydrogens (tertiary/aromatic N) is 2. The maximum absolute atomic E-state index is 11.7. The predicted octanol–water partition coefficient (Wildman–Crippen LogP) is 4.90. The van der Waals surface area contributed by atoms with Crippen LogP contribution in [0.25, 0.3) is 5.57 Å². The lowest BCUT2D eigenvalue weighted by atomic mass is 9.66. The maximum atomic E-state index is 11.7. The molecule has 7 nitrogen and oxygen atoms in total. The molecule has 8 heteroatoms. The number of rotatable bonds is 5. The Bertz CT molecular complexity index is 1400. The van der Waals surface area contributed by atoms with E-state index in [9.17, 15) is 20.2 Å². The number of carboxylic acids is 1. The molecule has 1 fully saturated rings. The number of fused-ring (bicyclic) bond motifs is 2. The van der Waals surface area contributed by atoms with Crippen LogP contribution in [-0.2, 0) is 12.2 Å². The molecule has 2 aliphatic heterocycles. The van der Waals surface area contributed by atoms with Gasteiger partial charge in [-0.3, -0.25) is 5.21 Å². The quantitative estimate of drug-likeness (QED) is 0.318. The molecule has 0 saturated carbocycles. The molecule has 0 bridgehead atoms. The maximum Gasteiger partial charge on any atom is 0.335 e. The second kappa shape index (κ2) is 10.1. The van der Waals surface area contributed by atoms with Gasteiger partial charge in [-0.1, -0.05) is 43.7 Å². The molecule has 0 amide bonds.